The van der Waals surface area contributed by atoms with Gasteiger partial charge in [-0.25, -0.2) is 8.42 Å². The van der Waals surface area contributed by atoms with Gasteiger partial charge >= 0.3 is 5.97 Å². The Morgan fingerprint density at radius 1 is 1.08 bits per heavy atom. The summed E-state index contributed by atoms with van der Waals surface area (Å²) >= 11 is 0. The molecule has 8 heteroatoms. The van der Waals surface area contributed by atoms with Gasteiger partial charge in [0.05, 0.1) is 17.9 Å². The molecular weight excluding hydrogens is 356 g/mol. The van der Waals surface area contributed by atoms with Crippen LogP contribution in [0.4, 0.5) is 5.69 Å². The zero-order valence-electron chi connectivity index (χ0n) is 13.8. The monoisotopic (exact) mass is 374 g/mol. The number of carbonyl (C=O) groups is 2. The Bertz CT molecular complexity index is 895. The second kappa shape index (κ2) is 7.67. The van der Waals surface area contributed by atoms with Crippen LogP contribution in [0.15, 0.2) is 59.5 Å². The van der Waals surface area contributed by atoms with Crippen molar-refractivity contribution < 1.29 is 22.7 Å². The van der Waals surface area contributed by atoms with E-state index in [-0.39, 0.29) is 23.8 Å². The summed E-state index contributed by atoms with van der Waals surface area (Å²) in [4.78, 5) is 23.5. The molecule has 0 saturated carbocycles. The van der Waals surface area contributed by atoms with Crippen LogP contribution in [0, 0.1) is 0 Å². The third-order valence-electron chi connectivity index (χ3n) is 3.89. The molecule has 1 heterocycles. The lowest BCUT2D eigenvalue weighted by atomic mass is 10.1. The van der Waals surface area contributed by atoms with E-state index in [4.69, 9.17) is 4.74 Å². The number of sulfonamides is 1. The third kappa shape index (κ3) is 4.47. The SMILES string of the molecule is O=C(Cc1ccccc1)Nc1ccc(S(=O)(=O)NC2CCOC2=O)cc1. The van der Waals surface area contributed by atoms with E-state index in [0.717, 1.165) is 5.56 Å². The summed E-state index contributed by atoms with van der Waals surface area (Å²) in [5.74, 6) is -0.767. The predicted octanol–water partition coefficient (Wildman–Crippen LogP) is 1.46. The Hall–Kier alpha value is -2.71. The number of rotatable bonds is 6. The molecule has 1 unspecified atom stereocenters. The molecule has 1 amide bonds. The van der Waals surface area contributed by atoms with E-state index >= 15 is 0 Å². The standard InChI is InChI=1S/C18H18N2O5S/c21-17(12-13-4-2-1-3-5-13)19-14-6-8-15(9-7-14)26(23,24)20-16-10-11-25-18(16)22/h1-9,16,20H,10-12H2,(H,19,21). The summed E-state index contributed by atoms with van der Waals surface area (Å²) in [6, 6.07) is 14.2. The van der Waals surface area contributed by atoms with Crippen molar-refractivity contribution in [3.63, 3.8) is 0 Å². The van der Waals surface area contributed by atoms with E-state index in [9.17, 15) is 18.0 Å². The minimum atomic E-state index is -3.83. The number of cyclic esters (lactones) is 1. The van der Waals surface area contributed by atoms with E-state index in [1.54, 1.807) is 0 Å². The smallest absolute Gasteiger partial charge is 0.324 e. The Kier molecular flexibility index (Phi) is 5.34. The minimum Gasteiger partial charge on any atom is -0.464 e. The molecule has 2 aromatic rings. The van der Waals surface area contributed by atoms with Crippen LogP contribution in [0.5, 0.6) is 0 Å². The summed E-state index contributed by atoms with van der Waals surface area (Å²) in [5.41, 5.74) is 1.38. The first-order valence-electron chi connectivity index (χ1n) is 8.07. The average molecular weight is 374 g/mol. The molecule has 1 aliphatic heterocycles. The van der Waals surface area contributed by atoms with Crippen molar-refractivity contribution in [1.29, 1.82) is 0 Å². The minimum absolute atomic E-state index is 0.0123. The molecule has 1 fully saturated rings. The normalized spacial score (nSPS) is 16.9. The van der Waals surface area contributed by atoms with Crippen molar-refractivity contribution in [2.45, 2.75) is 23.8 Å². The Morgan fingerprint density at radius 3 is 2.38 bits per heavy atom. The molecule has 7 nitrogen and oxygen atoms in total. The zero-order chi connectivity index (χ0) is 18.6. The topological polar surface area (TPSA) is 102 Å². The Balaban J connectivity index is 1.62. The van der Waals surface area contributed by atoms with Gasteiger partial charge in [0, 0.05) is 12.1 Å². The molecule has 0 bridgehead atoms. The lowest BCUT2D eigenvalue weighted by Gasteiger charge is -2.11. The van der Waals surface area contributed by atoms with Gasteiger partial charge in [-0.2, -0.15) is 4.72 Å². The summed E-state index contributed by atoms with van der Waals surface area (Å²) < 4.78 is 31.7. The van der Waals surface area contributed by atoms with E-state index in [1.165, 1.54) is 24.3 Å². The number of carbonyl (C=O) groups excluding carboxylic acids is 2. The first-order valence-corrected chi connectivity index (χ1v) is 9.55. The molecule has 1 aliphatic rings. The summed E-state index contributed by atoms with van der Waals surface area (Å²) in [5, 5.41) is 2.72. The highest BCUT2D eigenvalue weighted by atomic mass is 32.2. The number of esters is 1. The largest absolute Gasteiger partial charge is 0.464 e. The maximum Gasteiger partial charge on any atom is 0.324 e. The molecule has 2 N–H and O–H groups in total. The van der Waals surface area contributed by atoms with Gasteiger partial charge < -0.3 is 10.1 Å². The Morgan fingerprint density at radius 2 is 1.77 bits per heavy atom. The fourth-order valence-electron chi connectivity index (χ4n) is 2.56. The number of hydrogen-bond acceptors (Lipinski definition) is 5. The van der Waals surface area contributed by atoms with Gasteiger partial charge in [-0.05, 0) is 29.8 Å². The lowest BCUT2D eigenvalue weighted by Crippen LogP contribution is -2.37. The summed E-state index contributed by atoms with van der Waals surface area (Å²) in [6.45, 7) is 0.207. The quantitative estimate of drug-likeness (QED) is 0.746. The zero-order valence-corrected chi connectivity index (χ0v) is 14.7. The van der Waals surface area contributed by atoms with Gasteiger partial charge in [0.25, 0.3) is 0 Å². The molecule has 0 aliphatic carbocycles. The number of amides is 1. The highest BCUT2D eigenvalue weighted by Gasteiger charge is 2.31. The highest BCUT2D eigenvalue weighted by molar-refractivity contribution is 7.89. The molecule has 1 atom stereocenters. The highest BCUT2D eigenvalue weighted by Crippen LogP contribution is 2.16. The Labute approximate surface area is 151 Å². The fraction of sp³-hybridized carbons (Fsp3) is 0.222. The molecule has 1 saturated heterocycles. The van der Waals surface area contributed by atoms with Crippen LogP contribution < -0.4 is 10.0 Å². The number of nitrogens with one attached hydrogen (secondary N) is 2. The van der Waals surface area contributed by atoms with Crippen molar-refractivity contribution in [2.75, 3.05) is 11.9 Å². The maximum atomic E-state index is 12.3. The molecule has 0 aromatic heterocycles. The lowest BCUT2D eigenvalue weighted by molar-refractivity contribution is -0.139. The summed E-state index contributed by atoms with van der Waals surface area (Å²) in [7, 11) is -3.83. The first kappa shape index (κ1) is 18.1. The van der Waals surface area contributed by atoms with Gasteiger partial charge in [-0.1, -0.05) is 30.3 Å². The van der Waals surface area contributed by atoms with E-state index in [1.807, 2.05) is 30.3 Å². The van der Waals surface area contributed by atoms with E-state index in [2.05, 4.69) is 10.0 Å². The van der Waals surface area contributed by atoms with Crippen molar-refractivity contribution in [3.05, 3.63) is 60.2 Å². The third-order valence-corrected chi connectivity index (χ3v) is 5.38. The second-order valence-electron chi connectivity index (χ2n) is 5.86. The van der Waals surface area contributed by atoms with Gasteiger partial charge in [0.15, 0.2) is 0 Å². The summed E-state index contributed by atoms with van der Waals surface area (Å²) in [6.07, 6.45) is 0.540. The van der Waals surface area contributed by atoms with Crippen LogP contribution in [0.25, 0.3) is 0 Å². The molecule has 136 valence electrons. The van der Waals surface area contributed by atoms with Crippen LogP contribution in [-0.4, -0.2) is 32.9 Å². The second-order valence-corrected chi connectivity index (χ2v) is 7.58. The van der Waals surface area contributed by atoms with Gasteiger partial charge in [0.1, 0.15) is 6.04 Å². The van der Waals surface area contributed by atoms with Crippen molar-refractivity contribution >= 4 is 27.6 Å². The molecule has 2 aromatic carbocycles. The number of ether oxygens (including phenoxy) is 1. The van der Waals surface area contributed by atoms with Gasteiger partial charge in [-0.3, -0.25) is 9.59 Å². The predicted molar refractivity (Wildman–Crippen MR) is 94.9 cm³/mol. The molecule has 0 spiro atoms. The average Bonchev–Trinajstić information content (AvgIpc) is 3.00. The first-order chi connectivity index (χ1) is 12.4. The number of hydrogen-bond donors (Lipinski definition) is 2. The van der Waals surface area contributed by atoms with Crippen molar-refractivity contribution in [2.24, 2.45) is 0 Å². The van der Waals surface area contributed by atoms with Crippen molar-refractivity contribution in [1.82, 2.24) is 4.72 Å². The number of benzene rings is 2. The van der Waals surface area contributed by atoms with Crippen LogP contribution in [-0.2, 0) is 30.8 Å². The fourth-order valence-corrected chi connectivity index (χ4v) is 3.78. The van der Waals surface area contributed by atoms with Gasteiger partial charge in [-0.15, -0.1) is 0 Å². The van der Waals surface area contributed by atoms with Crippen molar-refractivity contribution in [3.8, 4) is 0 Å². The molecular formula is C18H18N2O5S. The van der Waals surface area contributed by atoms with Crippen LogP contribution in [0.1, 0.15) is 12.0 Å². The molecule has 26 heavy (non-hydrogen) atoms. The number of anilines is 1. The molecule has 0 radical (unpaired) electrons. The maximum absolute atomic E-state index is 12.3. The van der Waals surface area contributed by atoms with Crippen LogP contribution in [0.2, 0.25) is 0 Å². The van der Waals surface area contributed by atoms with E-state index < -0.39 is 22.0 Å². The van der Waals surface area contributed by atoms with Crippen LogP contribution in [0.3, 0.4) is 0 Å². The van der Waals surface area contributed by atoms with Crippen LogP contribution >= 0.6 is 0 Å². The van der Waals surface area contributed by atoms with Gasteiger partial charge in [0.2, 0.25) is 15.9 Å². The molecule has 3 rings (SSSR count). The van der Waals surface area contributed by atoms with E-state index in [0.29, 0.717) is 12.1 Å².